The Morgan fingerprint density at radius 1 is 1.38 bits per heavy atom. The third-order valence-corrected chi connectivity index (χ3v) is 2.37. The van der Waals surface area contributed by atoms with E-state index < -0.39 is 0 Å². The second-order valence-electron chi connectivity index (χ2n) is 3.79. The Bertz CT molecular complexity index is 311. The molecule has 1 aromatic carbocycles. The minimum atomic E-state index is -0.161. The molecule has 0 radical (unpaired) electrons. The van der Waals surface area contributed by atoms with E-state index in [9.17, 15) is 4.79 Å². The summed E-state index contributed by atoms with van der Waals surface area (Å²) in [4.78, 5) is 11.1. The zero-order valence-corrected chi connectivity index (χ0v) is 9.69. The lowest BCUT2D eigenvalue weighted by molar-refractivity contribution is -0.143. The lowest BCUT2D eigenvalue weighted by Gasteiger charge is -2.10. The molecule has 1 atom stereocenters. The maximum absolute atomic E-state index is 11.1. The highest BCUT2D eigenvalue weighted by molar-refractivity contribution is 5.69. The van der Waals surface area contributed by atoms with Gasteiger partial charge in [-0.25, -0.2) is 0 Å². The molecule has 0 bridgehead atoms. The first-order valence-corrected chi connectivity index (χ1v) is 5.67. The van der Waals surface area contributed by atoms with Gasteiger partial charge in [0.15, 0.2) is 0 Å². The highest BCUT2D eigenvalue weighted by Gasteiger charge is 2.08. The maximum atomic E-state index is 11.1. The van der Waals surface area contributed by atoms with Gasteiger partial charge in [-0.1, -0.05) is 30.3 Å². The van der Waals surface area contributed by atoms with E-state index in [1.165, 1.54) is 5.56 Å². The first-order chi connectivity index (χ1) is 7.72. The minimum Gasteiger partial charge on any atom is -0.466 e. The van der Waals surface area contributed by atoms with Crippen LogP contribution in [0.1, 0.15) is 25.3 Å². The number of carbonyl (C=O) groups is 1. The highest BCUT2D eigenvalue weighted by atomic mass is 16.5. The first kappa shape index (κ1) is 12.7. The predicted octanol–water partition coefficient (Wildman–Crippen LogP) is 1.90. The molecular weight excluding hydrogens is 202 g/mol. The molecule has 0 fully saturated rings. The maximum Gasteiger partial charge on any atom is 0.305 e. The molecule has 0 heterocycles. The summed E-state index contributed by atoms with van der Waals surface area (Å²) in [6.45, 7) is 2.24. The number of ether oxygens (including phenoxy) is 1. The molecular formula is C13H19NO2. The summed E-state index contributed by atoms with van der Waals surface area (Å²) >= 11 is 0. The van der Waals surface area contributed by atoms with E-state index >= 15 is 0 Å². The minimum absolute atomic E-state index is 0.0202. The zero-order valence-electron chi connectivity index (χ0n) is 9.69. The van der Waals surface area contributed by atoms with Crippen LogP contribution in [0, 0.1) is 0 Å². The van der Waals surface area contributed by atoms with Gasteiger partial charge in [0.05, 0.1) is 6.61 Å². The summed E-state index contributed by atoms with van der Waals surface area (Å²) in [5.41, 5.74) is 7.15. The van der Waals surface area contributed by atoms with Crippen LogP contribution in [0.3, 0.4) is 0 Å². The van der Waals surface area contributed by atoms with E-state index in [-0.39, 0.29) is 12.0 Å². The fourth-order valence-electron chi connectivity index (χ4n) is 1.56. The van der Waals surface area contributed by atoms with Crippen molar-refractivity contribution in [2.75, 3.05) is 6.61 Å². The molecule has 0 aliphatic heterocycles. The van der Waals surface area contributed by atoms with Gasteiger partial charge in [-0.3, -0.25) is 4.79 Å². The van der Waals surface area contributed by atoms with E-state index in [1.807, 2.05) is 37.3 Å². The number of hydrogen-bond donors (Lipinski definition) is 1. The SMILES string of the molecule is CCOC(=O)CC[C@@H](N)Cc1ccccc1. The van der Waals surface area contributed by atoms with Crippen molar-refractivity contribution in [1.82, 2.24) is 0 Å². The third-order valence-electron chi connectivity index (χ3n) is 2.37. The number of nitrogens with two attached hydrogens (primary N) is 1. The number of benzene rings is 1. The van der Waals surface area contributed by atoms with Crippen LogP contribution >= 0.6 is 0 Å². The van der Waals surface area contributed by atoms with Crippen molar-refractivity contribution in [3.8, 4) is 0 Å². The molecule has 0 aromatic heterocycles. The summed E-state index contributed by atoms with van der Waals surface area (Å²) in [5.74, 6) is -0.161. The molecule has 2 N–H and O–H groups in total. The Morgan fingerprint density at radius 3 is 2.69 bits per heavy atom. The topological polar surface area (TPSA) is 52.3 Å². The quantitative estimate of drug-likeness (QED) is 0.746. The van der Waals surface area contributed by atoms with Crippen LogP contribution in [0.4, 0.5) is 0 Å². The summed E-state index contributed by atoms with van der Waals surface area (Å²) in [6, 6.07) is 10.1. The van der Waals surface area contributed by atoms with Gasteiger partial charge in [0, 0.05) is 12.5 Å². The van der Waals surface area contributed by atoms with Crippen molar-refractivity contribution in [2.24, 2.45) is 5.73 Å². The highest BCUT2D eigenvalue weighted by Crippen LogP contribution is 2.06. The number of carbonyl (C=O) groups excluding carboxylic acids is 1. The molecule has 88 valence electrons. The van der Waals surface area contributed by atoms with Gasteiger partial charge in [-0.05, 0) is 25.3 Å². The lowest BCUT2D eigenvalue weighted by atomic mass is 10.0. The molecule has 3 heteroatoms. The molecule has 0 saturated carbocycles. The van der Waals surface area contributed by atoms with Crippen LogP contribution < -0.4 is 5.73 Å². The zero-order chi connectivity index (χ0) is 11.8. The molecule has 16 heavy (non-hydrogen) atoms. The smallest absolute Gasteiger partial charge is 0.305 e. The predicted molar refractivity (Wildman–Crippen MR) is 64.0 cm³/mol. The largest absolute Gasteiger partial charge is 0.466 e. The van der Waals surface area contributed by atoms with Gasteiger partial charge in [0.1, 0.15) is 0 Å². The molecule has 0 aliphatic carbocycles. The standard InChI is InChI=1S/C13H19NO2/c1-2-16-13(15)9-8-12(14)10-11-6-4-3-5-7-11/h3-7,12H,2,8-10,14H2,1H3/t12-/m1/s1. The van der Waals surface area contributed by atoms with Gasteiger partial charge < -0.3 is 10.5 Å². The Balaban J connectivity index is 2.26. The Kier molecular flexibility index (Phi) is 5.57. The first-order valence-electron chi connectivity index (χ1n) is 5.67. The fourth-order valence-corrected chi connectivity index (χ4v) is 1.56. The summed E-state index contributed by atoms with van der Waals surface area (Å²) in [5, 5.41) is 0. The van der Waals surface area contributed by atoms with Crippen molar-refractivity contribution >= 4 is 5.97 Å². The molecule has 0 spiro atoms. The second-order valence-corrected chi connectivity index (χ2v) is 3.79. The molecule has 1 aromatic rings. The van der Waals surface area contributed by atoms with Crippen LogP contribution in [0.2, 0.25) is 0 Å². The fraction of sp³-hybridized carbons (Fsp3) is 0.462. The van der Waals surface area contributed by atoms with Crippen molar-refractivity contribution in [3.63, 3.8) is 0 Å². The Labute approximate surface area is 96.6 Å². The summed E-state index contributed by atoms with van der Waals surface area (Å²) in [6.07, 6.45) is 1.88. The van der Waals surface area contributed by atoms with Crippen molar-refractivity contribution in [2.45, 2.75) is 32.2 Å². The third kappa shape index (κ3) is 4.94. The van der Waals surface area contributed by atoms with Gasteiger partial charge in [0.25, 0.3) is 0 Å². The van der Waals surface area contributed by atoms with E-state index in [2.05, 4.69) is 0 Å². The van der Waals surface area contributed by atoms with Crippen molar-refractivity contribution in [3.05, 3.63) is 35.9 Å². The molecule has 0 saturated heterocycles. The summed E-state index contributed by atoms with van der Waals surface area (Å²) < 4.78 is 4.85. The summed E-state index contributed by atoms with van der Waals surface area (Å²) in [7, 11) is 0. The number of rotatable bonds is 6. The van der Waals surface area contributed by atoms with Crippen molar-refractivity contribution < 1.29 is 9.53 Å². The monoisotopic (exact) mass is 221 g/mol. The van der Waals surface area contributed by atoms with Crippen LogP contribution in [0.25, 0.3) is 0 Å². The average molecular weight is 221 g/mol. The van der Waals surface area contributed by atoms with Gasteiger partial charge >= 0.3 is 5.97 Å². The van der Waals surface area contributed by atoms with Crippen LogP contribution in [0.15, 0.2) is 30.3 Å². The van der Waals surface area contributed by atoms with E-state index in [4.69, 9.17) is 10.5 Å². The van der Waals surface area contributed by atoms with Gasteiger partial charge in [0.2, 0.25) is 0 Å². The van der Waals surface area contributed by atoms with E-state index in [1.54, 1.807) is 0 Å². The molecule has 0 amide bonds. The van der Waals surface area contributed by atoms with Gasteiger partial charge in [-0.15, -0.1) is 0 Å². The molecule has 0 aliphatic rings. The number of hydrogen-bond acceptors (Lipinski definition) is 3. The van der Waals surface area contributed by atoms with E-state index in [0.29, 0.717) is 19.4 Å². The molecule has 1 rings (SSSR count). The Morgan fingerprint density at radius 2 is 2.06 bits per heavy atom. The number of esters is 1. The van der Waals surface area contributed by atoms with Crippen molar-refractivity contribution in [1.29, 1.82) is 0 Å². The second kappa shape index (κ2) is 7.01. The van der Waals surface area contributed by atoms with Crippen LogP contribution in [0.5, 0.6) is 0 Å². The average Bonchev–Trinajstić information content (AvgIpc) is 2.28. The Hall–Kier alpha value is -1.35. The van der Waals surface area contributed by atoms with Crippen LogP contribution in [-0.4, -0.2) is 18.6 Å². The lowest BCUT2D eigenvalue weighted by Crippen LogP contribution is -2.24. The van der Waals surface area contributed by atoms with Crippen LogP contribution in [-0.2, 0) is 16.0 Å². The normalized spacial score (nSPS) is 12.1. The molecule has 3 nitrogen and oxygen atoms in total. The van der Waals surface area contributed by atoms with Gasteiger partial charge in [-0.2, -0.15) is 0 Å². The van der Waals surface area contributed by atoms with E-state index in [0.717, 1.165) is 6.42 Å². The molecule has 0 unspecified atom stereocenters.